The third-order valence-electron chi connectivity index (χ3n) is 2.75. The van der Waals surface area contributed by atoms with Crippen molar-refractivity contribution in [3.8, 4) is 0 Å². The summed E-state index contributed by atoms with van der Waals surface area (Å²) < 4.78 is 95.5. The molecule has 22 heavy (non-hydrogen) atoms. The molecule has 0 bridgehead atoms. The molecule has 0 aliphatic heterocycles. The molecule has 0 fully saturated rings. The Kier molecular flexibility index (Phi) is 8.65. The molecule has 2 N–H and O–H groups in total. The van der Waals surface area contributed by atoms with Crippen molar-refractivity contribution in [1.29, 1.82) is 0 Å². The summed E-state index contributed by atoms with van der Waals surface area (Å²) in [6.45, 7) is 1.20. The first-order valence-electron chi connectivity index (χ1n) is 6.20. The molecule has 134 valence electrons. The predicted octanol–water partition coefficient (Wildman–Crippen LogP) is -0.906. The zero-order chi connectivity index (χ0) is 17.6. The van der Waals surface area contributed by atoms with Gasteiger partial charge in [0.05, 0.1) is 28.3 Å². The van der Waals surface area contributed by atoms with Crippen molar-refractivity contribution in [2.45, 2.75) is 25.0 Å². The van der Waals surface area contributed by atoms with Gasteiger partial charge < -0.3 is 4.55 Å². The Hall–Kier alpha value is -0.0800. The van der Waals surface area contributed by atoms with Crippen molar-refractivity contribution >= 4 is 40.9 Å². The van der Waals surface area contributed by atoms with E-state index in [4.69, 9.17) is 9.11 Å². The minimum atomic E-state index is -4.44. The number of hydrogen-bond acceptors (Lipinski definition) is 7. The molecule has 2 unspecified atom stereocenters. The second-order valence-corrected chi connectivity index (χ2v) is 12.2. The highest BCUT2D eigenvalue weighted by atomic mass is 32.2. The van der Waals surface area contributed by atoms with Gasteiger partial charge >= 0.3 is 0 Å². The molecule has 13 heteroatoms. The topological polar surface area (TPSA) is 160 Å². The SMILES string of the molecule is CC(CS(=O)(=O)CCS(=O)(=O)O)S(=O)(=O)CCCCS(=O)O. The maximum Gasteiger partial charge on any atom is 0.265 e. The Bertz CT molecular complexity index is 675. The smallest absolute Gasteiger partial charge is 0.265 e. The summed E-state index contributed by atoms with van der Waals surface area (Å²) in [4.78, 5) is 0. The highest BCUT2D eigenvalue weighted by molar-refractivity contribution is 7.96. The Labute approximate surface area is 133 Å². The summed E-state index contributed by atoms with van der Waals surface area (Å²) in [5.74, 6) is -2.95. The predicted molar refractivity (Wildman–Crippen MR) is 83.2 cm³/mol. The molecule has 0 aromatic heterocycles. The van der Waals surface area contributed by atoms with Gasteiger partial charge in [0.1, 0.15) is 0 Å². The molecule has 0 saturated heterocycles. The minimum Gasteiger partial charge on any atom is -0.306 e. The van der Waals surface area contributed by atoms with E-state index >= 15 is 0 Å². The number of unbranched alkanes of at least 4 members (excludes halogenated alkanes) is 1. The van der Waals surface area contributed by atoms with E-state index in [2.05, 4.69) is 0 Å². The number of rotatable bonds is 11. The lowest BCUT2D eigenvalue weighted by atomic mass is 10.4. The zero-order valence-corrected chi connectivity index (χ0v) is 15.2. The molecular weight excluding hydrogens is 380 g/mol. The van der Waals surface area contributed by atoms with Gasteiger partial charge in [-0.25, -0.2) is 21.0 Å². The van der Waals surface area contributed by atoms with Crippen LogP contribution in [0.25, 0.3) is 0 Å². The molecule has 0 aromatic rings. The summed E-state index contributed by atoms with van der Waals surface area (Å²) in [6, 6.07) is 0. The lowest BCUT2D eigenvalue weighted by Gasteiger charge is -2.13. The van der Waals surface area contributed by atoms with Crippen LogP contribution >= 0.6 is 0 Å². The van der Waals surface area contributed by atoms with Gasteiger partial charge in [-0.1, -0.05) is 0 Å². The monoisotopic (exact) mass is 400 g/mol. The van der Waals surface area contributed by atoms with Crippen molar-refractivity contribution in [3.63, 3.8) is 0 Å². The third kappa shape index (κ3) is 10.6. The molecule has 2 atom stereocenters. The minimum absolute atomic E-state index is 0.0590. The first kappa shape index (κ1) is 21.9. The van der Waals surface area contributed by atoms with Crippen LogP contribution in [0, 0.1) is 0 Å². The van der Waals surface area contributed by atoms with E-state index in [9.17, 15) is 29.5 Å². The van der Waals surface area contributed by atoms with E-state index in [1.807, 2.05) is 0 Å². The second-order valence-electron chi connectivity index (χ2n) is 4.81. The molecule has 0 rings (SSSR count). The summed E-state index contributed by atoms with van der Waals surface area (Å²) in [5.41, 5.74) is 0. The maximum atomic E-state index is 11.9. The van der Waals surface area contributed by atoms with Crippen LogP contribution in [0.3, 0.4) is 0 Å². The fraction of sp³-hybridized carbons (Fsp3) is 1.00. The highest BCUT2D eigenvalue weighted by Crippen LogP contribution is 2.09. The lowest BCUT2D eigenvalue weighted by molar-refractivity contribution is 0.484. The highest BCUT2D eigenvalue weighted by Gasteiger charge is 2.27. The van der Waals surface area contributed by atoms with Crippen LogP contribution in [-0.4, -0.2) is 72.6 Å². The fourth-order valence-electron chi connectivity index (χ4n) is 1.51. The maximum absolute atomic E-state index is 11.9. The van der Waals surface area contributed by atoms with Gasteiger partial charge in [0.2, 0.25) is 0 Å². The quantitative estimate of drug-likeness (QED) is 0.254. The Morgan fingerprint density at radius 2 is 1.50 bits per heavy atom. The van der Waals surface area contributed by atoms with E-state index in [0.29, 0.717) is 0 Å². The summed E-state index contributed by atoms with van der Waals surface area (Å²) in [6.07, 6.45) is 0.342. The molecule has 0 amide bonds. The fourth-order valence-corrected chi connectivity index (χ4v) is 7.16. The Morgan fingerprint density at radius 1 is 0.955 bits per heavy atom. The summed E-state index contributed by atoms with van der Waals surface area (Å²) >= 11 is -2.00. The van der Waals surface area contributed by atoms with Gasteiger partial charge in [-0.05, 0) is 19.8 Å². The summed E-state index contributed by atoms with van der Waals surface area (Å²) in [5, 5.41) is -1.22. The van der Waals surface area contributed by atoms with E-state index in [0.717, 1.165) is 0 Å². The summed E-state index contributed by atoms with van der Waals surface area (Å²) in [7, 11) is -12.1. The normalized spacial score (nSPS) is 16.3. The van der Waals surface area contributed by atoms with E-state index < -0.39 is 63.4 Å². The molecule has 0 heterocycles. The van der Waals surface area contributed by atoms with Crippen LogP contribution in [0.1, 0.15) is 19.8 Å². The zero-order valence-electron chi connectivity index (χ0n) is 11.9. The molecule has 0 aliphatic carbocycles. The lowest BCUT2D eigenvalue weighted by Crippen LogP contribution is -2.31. The molecule has 0 radical (unpaired) electrons. The average Bonchev–Trinajstić information content (AvgIpc) is 2.31. The molecule has 0 aromatic carbocycles. The van der Waals surface area contributed by atoms with E-state index in [-0.39, 0.29) is 24.3 Å². The van der Waals surface area contributed by atoms with Crippen molar-refractivity contribution in [2.24, 2.45) is 0 Å². The van der Waals surface area contributed by atoms with Crippen molar-refractivity contribution in [3.05, 3.63) is 0 Å². The van der Waals surface area contributed by atoms with Crippen LogP contribution in [0.2, 0.25) is 0 Å². The van der Waals surface area contributed by atoms with E-state index in [1.165, 1.54) is 6.92 Å². The largest absolute Gasteiger partial charge is 0.306 e. The Morgan fingerprint density at radius 3 is 1.95 bits per heavy atom. The number of hydrogen-bond donors (Lipinski definition) is 2. The van der Waals surface area contributed by atoms with Gasteiger partial charge in [-0.2, -0.15) is 8.42 Å². The molecule has 9 nitrogen and oxygen atoms in total. The first-order valence-corrected chi connectivity index (χ1v) is 12.6. The molecule has 0 aliphatic rings. The average molecular weight is 401 g/mol. The van der Waals surface area contributed by atoms with Gasteiger partial charge in [0, 0.05) is 5.75 Å². The first-order chi connectivity index (χ1) is 9.75. The van der Waals surface area contributed by atoms with Crippen LogP contribution in [0.15, 0.2) is 0 Å². The van der Waals surface area contributed by atoms with Crippen molar-refractivity contribution in [1.82, 2.24) is 0 Å². The Balaban J connectivity index is 4.55. The van der Waals surface area contributed by atoms with Gasteiger partial charge in [0.25, 0.3) is 10.1 Å². The molecular formula is C9H20O9S4. The second kappa shape index (κ2) is 8.68. The van der Waals surface area contributed by atoms with Crippen molar-refractivity contribution < 1.29 is 38.6 Å². The molecule has 0 spiro atoms. The van der Waals surface area contributed by atoms with Crippen LogP contribution < -0.4 is 0 Å². The number of sulfone groups is 2. The standard InChI is InChI=1S/C9H20O9S4/c1-9(8-20(12,13)6-7-22(16,17)18)21(14,15)5-3-2-4-19(10)11/h9H,2-8H2,1H3,(H,10,11)(H,16,17,18). The van der Waals surface area contributed by atoms with Crippen LogP contribution in [-0.2, 0) is 40.9 Å². The van der Waals surface area contributed by atoms with Crippen molar-refractivity contribution in [2.75, 3.05) is 28.8 Å². The van der Waals surface area contributed by atoms with E-state index in [1.54, 1.807) is 0 Å². The van der Waals surface area contributed by atoms with Gasteiger partial charge in [-0.15, -0.1) is 0 Å². The van der Waals surface area contributed by atoms with Gasteiger partial charge in [-0.3, -0.25) is 4.55 Å². The van der Waals surface area contributed by atoms with Gasteiger partial charge in [0.15, 0.2) is 30.8 Å². The third-order valence-corrected chi connectivity index (χ3v) is 8.66. The van der Waals surface area contributed by atoms with Crippen LogP contribution in [0.4, 0.5) is 0 Å². The molecule has 0 saturated carbocycles. The van der Waals surface area contributed by atoms with Crippen LogP contribution in [0.5, 0.6) is 0 Å².